The van der Waals surface area contributed by atoms with Gasteiger partial charge in [0.2, 0.25) is 0 Å². The van der Waals surface area contributed by atoms with Crippen molar-refractivity contribution in [2.75, 3.05) is 18.0 Å². The third-order valence-corrected chi connectivity index (χ3v) is 5.00. The Hall–Kier alpha value is -3.66. The molecule has 0 radical (unpaired) electrons. The number of hydrogen-bond acceptors (Lipinski definition) is 4. The van der Waals surface area contributed by atoms with Crippen molar-refractivity contribution in [2.24, 2.45) is 0 Å². The Bertz CT molecular complexity index is 1050. The molecule has 2 N–H and O–H groups in total. The van der Waals surface area contributed by atoms with E-state index in [4.69, 9.17) is 4.74 Å². The summed E-state index contributed by atoms with van der Waals surface area (Å²) in [4.78, 5) is 2.32. The summed E-state index contributed by atoms with van der Waals surface area (Å²) in [6.45, 7) is 8.24. The van der Waals surface area contributed by atoms with Gasteiger partial charge in [0.1, 0.15) is 11.5 Å². The van der Waals surface area contributed by atoms with Gasteiger partial charge in [-0.15, -0.1) is 0 Å². The Kier molecular flexibility index (Phi) is 7.39. The molecule has 0 atom stereocenters. The fourth-order valence-electron chi connectivity index (χ4n) is 3.34. The van der Waals surface area contributed by atoms with Gasteiger partial charge in [-0.2, -0.15) is 0 Å². The number of aromatic hydroxyl groups is 2. The topological polar surface area (TPSA) is 52.9 Å². The van der Waals surface area contributed by atoms with Crippen LogP contribution in [0, 0.1) is 0 Å². The van der Waals surface area contributed by atoms with Crippen LogP contribution in [0.4, 0.5) is 5.69 Å². The zero-order valence-electron chi connectivity index (χ0n) is 18.2. The highest BCUT2D eigenvalue weighted by molar-refractivity contribution is 5.59. The fourth-order valence-corrected chi connectivity index (χ4v) is 3.34. The molecular weight excluding hydrogens is 386 g/mol. The molecule has 4 heteroatoms. The van der Waals surface area contributed by atoms with E-state index in [0.29, 0.717) is 0 Å². The lowest BCUT2D eigenvalue weighted by Gasteiger charge is -2.20. The molecular formula is C27H29NO3. The van der Waals surface area contributed by atoms with Gasteiger partial charge in [0.05, 0.1) is 0 Å². The number of hydrogen-bond donors (Lipinski definition) is 2. The zero-order chi connectivity index (χ0) is 22.2. The Labute approximate surface area is 184 Å². The molecule has 1 heterocycles. The number of allylic oxidation sites excluding steroid dienone is 7. The van der Waals surface area contributed by atoms with E-state index in [1.54, 1.807) is 6.07 Å². The maximum Gasteiger partial charge on any atom is 0.157 e. The van der Waals surface area contributed by atoms with Gasteiger partial charge < -0.3 is 19.8 Å². The first-order valence-electron chi connectivity index (χ1n) is 10.5. The first-order valence-corrected chi connectivity index (χ1v) is 10.5. The van der Waals surface area contributed by atoms with E-state index in [1.165, 1.54) is 17.8 Å². The smallest absolute Gasteiger partial charge is 0.157 e. The molecule has 0 saturated carbocycles. The van der Waals surface area contributed by atoms with Crippen LogP contribution in [0.15, 0.2) is 89.9 Å². The van der Waals surface area contributed by atoms with Crippen LogP contribution in [0.3, 0.4) is 0 Å². The Balaban J connectivity index is 1.71. The molecule has 0 amide bonds. The van der Waals surface area contributed by atoms with Crippen LogP contribution in [-0.2, 0) is 4.74 Å². The molecule has 0 unspecified atom stereocenters. The van der Waals surface area contributed by atoms with E-state index in [1.807, 2.05) is 49.5 Å². The van der Waals surface area contributed by atoms with Crippen molar-refractivity contribution in [2.45, 2.75) is 20.8 Å². The molecule has 0 aromatic heterocycles. The standard InChI is InChI=1S/C27H29NO3/c1-4-28(5-2)24-13-9-21(10-14-24)11-15-25-18-23(17-20(3)31-25)8-6-7-22-12-16-26(29)27(30)19-22/h6-19,29-30H,4-5H2,1-3H3/b7-6+,15-11+,23-8+. The second kappa shape index (κ2) is 10.4. The number of phenols is 2. The van der Waals surface area contributed by atoms with Gasteiger partial charge in [-0.05, 0) is 80.0 Å². The Morgan fingerprint density at radius 1 is 0.839 bits per heavy atom. The minimum absolute atomic E-state index is 0.124. The molecule has 0 aliphatic carbocycles. The van der Waals surface area contributed by atoms with Crippen LogP contribution >= 0.6 is 0 Å². The van der Waals surface area contributed by atoms with Gasteiger partial charge in [-0.3, -0.25) is 0 Å². The zero-order valence-corrected chi connectivity index (χ0v) is 18.2. The third-order valence-electron chi connectivity index (χ3n) is 5.00. The van der Waals surface area contributed by atoms with Crippen LogP contribution in [-0.4, -0.2) is 23.3 Å². The second-order valence-corrected chi connectivity index (χ2v) is 7.27. The molecule has 1 aliphatic rings. The molecule has 31 heavy (non-hydrogen) atoms. The SMILES string of the molecule is CCN(CC)c1ccc(/C=C/C2=CC(=C/C=C/c3ccc(O)c(O)c3)/C=C(C)O2)cc1. The summed E-state index contributed by atoms with van der Waals surface area (Å²) in [6.07, 6.45) is 13.7. The molecule has 0 saturated heterocycles. The maximum atomic E-state index is 9.59. The largest absolute Gasteiger partial charge is 0.504 e. The molecule has 1 aliphatic heterocycles. The summed E-state index contributed by atoms with van der Waals surface area (Å²) in [5.41, 5.74) is 4.16. The van der Waals surface area contributed by atoms with Crippen molar-refractivity contribution in [3.63, 3.8) is 0 Å². The first-order chi connectivity index (χ1) is 15.0. The number of benzene rings is 2. The number of phenolic OH excluding ortho intramolecular Hbond substituents is 2. The summed E-state index contributed by atoms with van der Waals surface area (Å²) in [6, 6.07) is 13.2. The monoisotopic (exact) mass is 415 g/mol. The highest BCUT2D eigenvalue weighted by atomic mass is 16.5. The van der Waals surface area contributed by atoms with Crippen LogP contribution < -0.4 is 4.90 Å². The van der Waals surface area contributed by atoms with Crippen molar-refractivity contribution >= 4 is 17.8 Å². The summed E-state index contributed by atoms with van der Waals surface area (Å²) in [5.74, 6) is 1.34. The predicted molar refractivity (Wildman–Crippen MR) is 129 cm³/mol. The van der Waals surface area contributed by atoms with Gasteiger partial charge in [-0.25, -0.2) is 0 Å². The van der Waals surface area contributed by atoms with E-state index < -0.39 is 0 Å². The van der Waals surface area contributed by atoms with Crippen molar-refractivity contribution in [3.8, 4) is 11.5 Å². The number of rotatable bonds is 7. The number of anilines is 1. The van der Waals surface area contributed by atoms with Gasteiger partial charge in [0.15, 0.2) is 11.5 Å². The lowest BCUT2D eigenvalue weighted by atomic mass is 10.1. The van der Waals surface area contributed by atoms with Crippen LogP contribution in [0.2, 0.25) is 0 Å². The molecule has 0 spiro atoms. The van der Waals surface area contributed by atoms with Crippen molar-refractivity contribution in [1.29, 1.82) is 0 Å². The lowest BCUT2D eigenvalue weighted by molar-refractivity contribution is 0.318. The van der Waals surface area contributed by atoms with Gasteiger partial charge >= 0.3 is 0 Å². The number of nitrogens with zero attached hydrogens (tertiary/aromatic N) is 1. The van der Waals surface area contributed by atoms with E-state index >= 15 is 0 Å². The van der Waals surface area contributed by atoms with Gasteiger partial charge in [-0.1, -0.05) is 42.5 Å². The summed E-state index contributed by atoms with van der Waals surface area (Å²) < 4.78 is 5.83. The molecule has 0 fully saturated rings. The molecule has 2 aromatic rings. The van der Waals surface area contributed by atoms with E-state index in [2.05, 4.69) is 43.0 Å². The highest BCUT2D eigenvalue weighted by Gasteiger charge is 2.05. The average Bonchev–Trinajstić information content (AvgIpc) is 2.76. The third kappa shape index (κ3) is 6.16. The molecule has 4 nitrogen and oxygen atoms in total. The van der Waals surface area contributed by atoms with E-state index in [0.717, 1.165) is 41.3 Å². The van der Waals surface area contributed by atoms with Crippen molar-refractivity contribution in [1.82, 2.24) is 0 Å². The molecule has 2 aromatic carbocycles. The van der Waals surface area contributed by atoms with Gasteiger partial charge in [0, 0.05) is 18.8 Å². The Morgan fingerprint density at radius 3 is 2.23 bits per heavy atom. The summed E-state index contributed by atoms with van der Waals surface area (Å²) in [5, 5.41) is 19.0. The quantitative estimate of drug-likeness (QED) is 0.513. The summed E-state index contributed by atoms with van der Waals surface area (Å²) >= 11 is 0. The van der Waals surface area contributed by atoms with Crippen LogP contribution in [0.25, 0.3) is 12.2 Å². The van der Waals surface area contributed by atoms with Crippen molar-refractivity contribution < 1.29 is 14.9 Å². The molecule has 160 valence electrons. The minimum Gasteiger partial charge on any atom is -0.504 e. The van der Waals surface area contributed by atoms with Crippen LogP contribution in [0.1, 0.15) is 31.9 Å². The predicted octanol–water partition coefficient (Wildman–Crippen LogP) is 6.41. The second-order valence-electron chi connectivity index (χ2n) is 7.27. The highest BCUT2D eigenvalue weighted by Crippen LogP contribution is 2.26. The molecule has 0 bridgehead atoms. The van der Waals surface area contributed by atoms with E-state index in [9.17, 15) is 10.2 Å². The van der Waals surface area contributed by atoms with Crippen molar-refractivity contribution in [3.05, 3.63) is 101 Å². The normalized spacial score (nSPS) is 15.3. The van der Waals surface area contributed by atoms with E-state index in [-0.39, 0.29) is 11.5 Å². The van der Waals surface area contributed by atoms with Gasteiger partial charge in [0.25, 0.3) is 0 Å². The molecule has 3 rings (SSSR count). The van der Waals surface area contributed by atoms with Crippen LogP contribution in [0.5, 0.6) is 11.5 Å². The lowest BCUT2D eigenvalue weighted by Crippen LogP contribution is -2.21. The Morgan fingerprint density at radius 2 is 1.55 bits per heavy atom. The average molecular weight is 416 g/mol. The minimum atomic E-state index is -0.131. The first kappa shape index (κ1) is 22.0. The fraction of sp³-hybridized carbons (Fsp3) is 0.185. The summed E-state index contributed by atoms with van der Waals surface area (Å²) in [7, 11) is 0. The number of ether oxygens (including phenoxy) is 1. The maximum absolute atomic E-state index is 9.59.